The Kier molecular flexibility index (Phi) is 7.22. The predicted octanol–water partition coefficient (Wildman–Crippen LogP) is 3.42. The number of rotatable bonds is 3. The molecule has 4 fully saturated rings. The van der Waals surface area contributed by atoms with Gasteiger partial charge in [-0.05, 0) is 44.6 Å². The standard InChI is InChI=1S/C19H34N4S.HI/c1-20-18(21-13-16-7-10-22(14-16)17-5-6-17)23-11-12-24-19(15-23)8-3-2-4-9-19;/h16-17H,2-15H2,1H3,(H,20,21);1H. The van der Waals surface area contributed by atoms with E-state index in [1.54, 1.807) is 0 Å². The first-order valence-electron chi connectivity index (χ1n) is 10.1. The van der Waals surface area contributed by atoms with Gasteiger partial charge in [0.25, 0.3) is 0 Å². The van der Waals surface area contributed by atoms with Gasteiger partial charge < -0.3 is 15.1 Å². The minimum Gasteiger partial charge on any atom is -0.356 e. The minimum absolute atomic E-state index is 0. The maximum atomic E-state index is 4.63. The molecule has 0 aromatic heterocycles. The molecule has 1 N–H and O–H groups in total. The Morgan fingerprint density at radius 2 is 1.96 bits per heavy atom. The Labute approximate surface area is 175 Å². The van der Waals surface area contributed by atoms with Crippen molar-refractivity contribution in [3.63, 3.8) is 0 Å². The second kappa shape index (κ2) is 9.00. The first-order chi connectivity index (χ1) is 11.8. The minimum atomic E-state index is 0. The summed E-state index contributed by atoms with van der Waals surface area (Å²) in [5, 5.41) is 3.72. The smallest absolute Gasteiger partial charge is 0.193 e. The molecule has 0 bridgehead atoms. The molecule has 0 aromatic rings. The lowest BCUT2D eigenvalue weighted by Crippen LogP contribution is -2.54. The largest absolute Gasteiger partial charge is 0.356 e. The summed E-state index contributed by atoms with van der Waals surface area (Å²) >= 11 is 2.24. The summed E-state index contributed by atoms with van der Waals surface area (Å²) in [7, 11) is 1.96. The van der Waals surface area contributed by atoms with Gasteiger partial charge in [-0.3, -0.25) is 4.99 Å². The van der Waals surface area contributed by atoms with E-state index >= 15 is 0 Å². The predicted molar refractivity (Wildman–Crippen MR) is 119 cm³/mol. The molecule has 0 aromatic carbocycles. The Balaban J connectivity index is 0.00000182. The number of thioether (sulfide) groups is 1. The van der Waals surface area contributed by atoms with Crippen LogP contribution >= 0.6 is 35.7 Å². The van der Waals surface area contributed by atoms with Crippen molar-refractivity contribution in [2.75, 3.05) is 45.5 Å². The zero-order chi connectivity index (χ0) is 16.4. The lowest BCUT2D eigenvalue weighted by molar-refractivity contribution is 0.290. The highest BCUT2D eigenvalue weighted by atomic mass is 127. The van der Waals surface area contributed by atoms with Crippen molar-refractivity contribution in [2.45, 2.75) is 62.2 Å². The Morgan fingerprint density at radius 3 is 2.68 bits per heavy atom. The number of hydrogen-bond acceptors (Lipinski definition) is 3. The van der Waals surface area contributed by atoms with E-state index in [1.807, 2.05) is 7.05 Å². The van der Waals surface area contributed by atoms with Gasteiger partial charge in [-0.2, -0.15) is 11.8 Å². The summed E-state index contributed by atoms with van der Waals surface area (Å²) in [6, 6.07) is 0.930. The second-order valence-electron chi connectivity index (χ2n) is 8.32. The van der Waals surface area contributed by atoms with Crippen LogP contribution in [0, 0.1) is 5.92 Å². The Hall–Kier alpha value is 0.310. The third-order valence-corrected chi connectivity index (χ3v) is 7.99. The number of aliphatic imine (C=N–C) groups is 1. The molecular weight excluding hydrogens is 443 g/mol. The van der Waals surface area contributed by atoms with E-state index in [1.165, 1.54) is 76.8 Å². The summed E-state index contributed by atoms with van der Waals surface area (Å²) in [5.41, 5.74) is 0. The van der Waals surface area contributed by atoms with Gasteiger partial charge in [-0.25, -0.2) is 0 Å². The van der Waals surface area contributed by atoms with Crippen LogP contribution in [-0.2, 0) is 0 Å². The zero-order valence-corrected chi connectivity index (χ0v) is 18.9. The van der Waals surface area contributed by atoms with E-state index in [0.717, 1.165) is 31.0 Å². The number of guanidine groups is 1. The first kappa shape index (κ1) is 20.1. The molecule has 2 aliphatic heterocycles. The van der Waals surface area contributed by atoms with Gasteiger partial charge in [0.15, 0.2) is 5.96 Å². The van der Waals surface area contributed by atoms with Crippen molar-refractivity contribution in [1.29, 1.82) is 0 Å². The molecule has 2 saturated carbocycles. The molecule has 0 amide bonds. The van der Waals surface area contributed by atoms with Crippen LogP contribution in [0.25, 0.3) is 0 Å². The van der Waals surface area contributed by atoms with Crippen LogP contribution in [0.15, 0.2) is 4.99 Å². The number of hydrogen-bond donors (Lipinski definition) is 1. The topological polar surface area (TPSA) is 30.9 Å². The number of nitrogens with zero attached hydrogens (tertiary/aromatic N) is 3. The molecular formula is C19H35IN4S. The Morgan fingerprint density at radius 1 is 1.16 bits per heavy atom. The van der Waals surface area contributed by atoms with Gasteiger partial charge in [0.1, 0.15) is 0 Å². The molecule has 2 heterocycles. The number of halogens is 1. The van der Waals surface area contributed by atoms with Crippen molar-refractivity contribution in [2.24, 2.45) is 10.9 Å². The van der Waals surface area contributed by atoms with Crippen LogP contribution in [0.3, 0.4) is 0 Å². The van der Waals surface area contributed by atoms with Crippen molar-refractivity contribution in [3.05, 3.63) is 0 Å². The third kappa shape index (κ3) is 4.98. The molecule has 25 heavy (non-hydrogen) atoms. The van der Waals surface area contributed by atoms with E-state index in [2.05, 4.69) is 31.9 Å². The summed E-state index contributed by atoms with van der Waals surface area (Å²) < 4.78 is 0.518. The lowest BCUT2D eigenvalue weighted by atomic mass is 9.87. The lowest BCUT2D eigenvalue weighted by Gasteiger charge is -2.45. The van der Waals surface area contributed by atoms with Crippen LogP contribution in [0.4, 0.5) is 0 Å². The highest BCUT2D eigenvalue weighted by molar-refractivity contribution is 14.0. The van der Waals surface area contributed by atoms with E-state index in [9.17, 15) is 0 Å². The molecule has 4 nitrogen and oxygen atoms in total. The van der Waals surface area contributed by atoms with Gasteiger partial charge in [-0.1, -0.05) is 19.3 Å². The van der Waals surface area contributed by atoms with Crippen LogP contribution in [0.1, 0.15) is 51.4 Å². The van der Waals surface area contributed by atoms with Gasteiger partial charge in [0.2, 0.25) is 0 Å². The Bertz CT molecular complexity index is 457. The molecule has 2 saturated heterocycles. The number of likely N-dealkylation sites (tertiary alicyclic amines) is 1. The first-order valence-corrected chi connectivity index (χ1v) is 11.1. The fraction of sp³-hybridized carbons (Fsp3) is 0.947. The molecule has 1 atom stereocenters. The fourth-order valence-electron chi connectivity index (χ4n) is 4.89. The fourth-order valence-corrected chi connectivity index (χ4v) is 6.46. The zero-order valence-electron chi connectivity index (χ0n) is 15.7. The maximum absolute atomic E-state index is 4.63. The summed E-state index contributed by atoms with van der Waals surface area (Å²) in [5.74, 6) is 3.23. The highest BCUT2D eigenvalue weighted by Gasteiger charge is 2.38. The van der Waals surface area contributed by atoms with Crippen LogP contribution in [0.2, 0.25) is 0 Å². The van der Waals surface area contributed by atoms with Crippen LogP contribution in [-0.4, -0.2) is 72.1 Å². The van der Waals surface area contributed by atoms with E-state index in [-0.39, 0.29) is 24.0 Å². The van der Waals surface area contributed by atoms with Gasteiger partial charge in [-0.15, -0.1) is 24.0 Å². The monoisotopic (exact) mass is 478 g/mol. The van der Waals surface area contributed by atoms with Crippen LogP contribution < -0.4 is 5.32 Å². The van der Waals surface area contributed by atoms with E-state index in [0.29, 0.717) is 4.75 Å². The normalized spacial score (nSPS) is 30.4. The second-order valence-corrected chi connectivity index (χ2v) is 9.89. The average molecular weight is 478 g/mol. The van der Waals surface area contributed by atoms with Crippen molar-refractivity contribution < 1.29 is 0 Å². The molecule has 4 aliphatic rings. The molecule has 144 valence electrons. The maximum Gasteiger partial charge on any atom is 0.193 e. The summed E-state index contributed by atoms with van der Waals surface area (Å²) in [6.45, 7) is 6.08. The average Bonchev–Trinajstić information content (AvgIpc) is 3.35. The SMILES string of the molecule is CN=C(NCC1CCN(C2CC2)C1)N1CCSC2(CCCCC2)C1.I. The van der Waals surface area contributed by atoms with Gasteiger partial charge in [0, 0.05) is 49.8 Å². The highest BCUT2D eigenvalue weighted by Crippen LogP contribution is 2.42. The van der Waals surface area contributed by atoms with Crippen molar-refractivity contribution in [3.8, 4) is 0 Å². The van der Waals surface area contributed by atoms with E-state index < -0.39 is 0 Å². The van der Waals surface area contributed by atoms with Crippen molar-refractivity contribution in [1.82, 2.24) is 15.1 Å². The van der Waals surface area contributed by atoms with Gasteiger partial charge >= 0.3 is 0 Å². The van der Waals surface area contributed by atoms with Gasteiger partial charge in [0.05, 0.1) is 0 Å². The molecule has 0 radical (unpaired) electrons. The molecule has 2 aliphatic carbocycles. The number of nitrogens with one attached hydrogen (secondary N) is 1. The molecule has 4 rings (SSSR count). The summed E-state index contributed by atoms with van der Waals surface area (Å²) in [4.78, 5) is 9.89. The molecule has 6 heteroatoms. The molecule has 1 spiro atoms. The molecule has 1 unspecified atom stereocenters. The van der Waals surface area contributed by atoms with Crippen LogP contribution in [0.5, 0.6) is 0 Å². The summed E-state index contributed by atoms with van der Waals surface area (Å²) in [6.07, 6.45) is 11.3. The van der Waals surface area contributed by atoms with E-state index in [4.69, 9.17) is 0 Å². The third-order valence-electron chi connectivity index (χ3n) is 6.45. The quantitative estimate of drug-likeness (QED) is 0.383. The van der Waals surface area contributed by atoms with Crippen molar-refractivity contribution >= 4 is 41.7 Å².